The van der Waals surface area contributed by atoms with Gasteiger partial charge in [-0.2, -0.15) is 0 Å². The minimum Gasteiger partial charge on any atom is -0.468 e. The summed E-state index contributed by atoms with van der Waals surface area (Å²) >= 11 is 0. The summed E-state index contributed by atoms with van der Waals surface area (Å²) in [4.78, 5) is 11.8. The number of ether oxygens (including phenoxy) is 3. The van der Waals surface area contributed by atoms with Crippen molar-refractivity contribution in [3.8, 4) is 0 Å². The van der Waals surface area contributed by atoms with Crippen LogP contribution in [0, 0.1) is 5.41 Å². The molecular formula is C10H16O5. The second-order valence-electron chi connectivity index (χ2n) is 4.21. The maximum atomic E-state index is 11.8. The molecule has 0 aromatic heterocycles. The predicted molar refractivity (Wildman–Crippen MR) is 50.3 cm³/mol. The minimum absolute atomic E-state index is 0.186. The number of aliphatic hydroxyl groups is 1. The van der Waals surface area contributed by atoms with Gasteiger partial charge in [0.05, 0.1) is 20.3 Å². The summed E-state index contributed by atoms with van der Waals surface area (Å²) in [6.45, 7) is 1.37. The fourth-order valence-corrected chi connectivity index (χ4v) is 2.41. The van der Waals surface area contributed by atoms with Crippen molar-refractivity contribution >= 4 is 5.97 Å². The van der Waals surface area contributed by atoms with Crippen molar-refractivity contribution in [2.45, 2.75) is 18.4 Å². The zero-order valence-corrected chi connectivity index (χ0v) is 8.82. The molecule has 0 saturated carbocycles. The first-order chi connectivity index (χ1) is 7.15. The number of rotatable bonds is 2. The Morgan fingerprint density at radius 2 is 1.93 bits per heavy atom. The molecule has 2 rings (SSSR count). The lowest BCUT2D eigenvalue weighted by Crippen LogP contribution is -2.55. The molecule has 0 radical (unpaired) electrons. The van der Waals surface area contributed by atoms with Crippen LogP contribution in [0.2, 0.25) is 0 Å². The van der Waals surface area contributed by atoms with Crippen LogP contribution in [0.3, 0.4) is 0 Å². The maximum Gasteiger partial charge on any atom is 0.317 e. The lowest BCUT2D eigenvalue weighted by molar-refractivity contribution is -0.173. The Bertz CT molecular complexity index is 251. The number of hydrogen-bond donors (Lipinski definition) is 1. The molecule has 0 aliphatic carbocycles. The second kappa shape index (κ2) is 3.73. The van der Waals surface area contributed by atoms with Crippen LogP contribution < -0.4 is 0 Å². The number of hydrogen-bond acceptors (Lipinski definition) is 5. The Balaban J connectivity index is 2.29. The van der Waals surface area contributed by atoms with Crippen molar-refractivity contribution in [1.82, 2.24) is 0 Å². The summed E-state index contributed by atoms with van der Waals surface area (Å²) in [5, 5.41) is 10.4. The van der Waals surface area contributed by atoms with Crippen molar-refractivity contribution in [2.75, 3.05) is 33.5 Å². The number of carbonyl (C=O) groups is 1. The van der Waals surface area contributed by atoms with E-state index in [-0.39, 0.29) is 13.2 Å². The molecule has 0 spiro atoms. The summed E-state index contributed by atoms with van der Waals surface area (Å²) in [5.74, 6) is -0.395. The van der Waals surface area contributed by atoms with Crippen LogP contribution in [-0.4, -0.2) is 50.2 Å². The predicted octanol–water partition coefficient (Wildman–Crippen LogP) is -0.283. The monoisotopic (exact) mass is 216 g/mol. The summed E-state index contributed by atoms with van der Waals surface area (Å²) in [6.07, 6.45) is 0.963. The number of methoxy groups -OCH3 is 1. The van der Waals surface area contributed by atoms with Crippen LogP contribution in [0.25, 0.3) is 0 Å². The smallest absolute Gasteiger partial charge is 0.317 e. The third kappa shape index (κ3) is 1.46. The van der Waals surface area contributed by atoms with E-state index in [9.17, 15) is 9.90 Å². The van der Waals surface area contributed by atoms with E-state index >= 15 is 0 Å². The van der Waals surface area contributed by atoms with E-state index in [0.29, 0.717) is 26.1 Å². The van der Waals surface area contributed by atoms with Crippen molar-refractivity contribution in [2.24, 2.45) is 5.41 Å². The topological polar surface area (TPSA) is 65.0 Å². The quantitative estimate of drug-likeness (QED) is 0.643. The van der Waals surface area contributed by atoms with Crippen molar-refractivity contribution in [1.29, 1.82) is 0 Å². The van der Waals surface area contributed by atoms with Crippen LogP contribution in [0.4, 0.5) is 0 Å². The lowest BCUT2D eigenvalue weighted by atomic mass is 9.70. The van der Waals surface area contributed by atoms with E-state index in [4.69, 9.17) is 14.2 Å². The van der Waals surface area contributed by atoms with Gasteiger partial charge in [-0.3, -0.25) is 4.79 Å². The summed E-state index contributed by atoms with van der Waals surface area (Å²) in [5.41, 5.74) is -2.06. The van der Waals surface area contributed by atoms with Gasteiger partial charge in [0.2, 0.25) is 0 Å². The molecule has 2 unspecified atom stereocenters. The van der Waals surface area contributed by atoms with E-state index in [1.807, 2.05) is 0 Å². The first-order valence-corrected chi connectivity index (χ1v) is 5.11. The summed E-state index contributed by atoms with van der Waals surface area (Å²) in [7, 11) is 1.33. The van der Waals surface area contributed by atoms with Crippen LogP contribution in [-0.2, 0) is 19.0 Å². The molecule has 2 aliphatic rings. The van der Waals surface area contributed by atoms with Crippen LogP contribution in [0.15, 0.2) is 0 Å². The molecule has 0 aromatic rings. The standard InChI is InChI=1S/C10H16O5/c1-13-8(11)9(2-4-14-6-9)10(12)3-5-15-7-10/h12H,2-7H2,1H3. The molecule has 0 aromatic carbocycles. The summed E-state index contributed by atoms with van der Waals surface area (Å²) < 4.78 is 15.2. The molecule has 0 amide bonds. The Labute approximate surface area is 88.3 Å². The highest BCUT2D eigenvalue weighted by atomic mass is 16.5. The Hall–Kier alpha value is -0.650. The van der Waals surface area contributed by atoms with E-state index in [2.05, 4.69) is 0 Å². The maximum absolute atomic E-state index is 11.8. The van der Waals surface area contributed by atoms with Crippen LogP contribution in [0.1, 0.15) is 12.8 Å². The van der Waals surface area contributed by atoms with Gasteiger partial charge in [0, 0.05) is 19.6 Å². The van der Waals surface area contributed by atoms with Gasteiger partial charge < -0.3 is 19.3 Å². The number of carbonyl (C=O) groups excluding carboxylic acids is 1. The van der Waals surface area contributed by atoms with Gasteiger partial charge in [-0.1, -0.05) is 0 Å². The van der Waals surface area contributed by atoms with Gasteiger partial charge in [-0.15, -0.1) is 0 Å². The largest absolute Gasteiger partial charge is 0.468 e. The van der Waals surface area contributed by atoms with Gasteiger partial charge in [-0.25, -0.2) is 0 Å². The van der Waals surface area contributed by atoms with E-state index < -0.39 is 17.0 Å². The minimum atomic E-state index is -1.13. The number of esters is 1. The normalized spacial score (nSPS) is 40.7. The molecule has 15 heavy (non-hydrogen) atoms. The van der Waals surface area contributed by atoms with Gasteiger partial charge in [0.25, 0.3) is 0 Å². The fourth-order valence-electron chi connectivity index (χ4n) is 2.41. The highest BCUT2D eigenvalue weighted by molar-refractivity contribution is 5.79. The molecule has 5 heteroatoms. The van der Waals surface area contributed by atoms with E-state index in [1.54, 1.807) is 0 Å². The van der Waals surface area contributed by atoms with Gasteiger partial charge in [0.15, 0.2) is 0 Å². The molecule has 2 atom stereocenters. The summed E-state index contributed by atoms with van der Waals surface area (Å²) in [6, 6.07) is 0. The molecule has 2 heterocycles. The molecule has 2 aliphatic heterocycles. The first kappa shape index (κ1) is 10.9. The highest BCUT2D eigenvalue weighted by Crippen LogP contribution is 2.45. The molecule has 86 valence electrons. The van der Waals surface area contributed by atoms with Crippen molar-refractivity contribution < 1.29 is 24.1 Å². The Morgan fingerprint density at radius 1 is 1.27 bits per heavy atom. The molecule has 1 N–H and O–H groups in total. The molecule has 2 saturated heterocycles. The van der Waals surface area contributed by atoms with Crippen LogP contribution in [0.5, 0.6) is 0 Å². The third-order valence-electron chi connectivity index (χ3n) is 3.49. The molecule has 0 bridgehead atoms. The lowest BCUT2D eigenvalue weighted by Gasteiger charge is -2.37. The van der Waals surface area contributed by atoms with E-state index in [1.165, 1.54) is 7.11 Å². The molecular weight excluding hydrogens is 200 g/mol. The zero-order valence-electron chi connectivity index (χ0n) is 8.82. The van der Waals surface area contributed by atoms with E-state index in [0.717, 1.165) is 0 Å². The first-order valence-electron chi connectivity index (χ1n) is 5.11. The average molecular weight is 216 g/mol. The van der Waals surface area contributed by atoms with Gasteiger partial charge in [-0.05, 0) is 6.42 Å². The molecule has 2 fully saturated rings. The zero-order chi connectivity index (χ0) is 10.9. The average Bonchev–Trinajstić information content (AvgIpc) is 2.86. The highest BCUT2D eigenvalue weighted by Gasteiger charge is 2.60. The van der Waals surface area contributed by atoms with Crippen LogP contribution >= 0.6 is 0 Å². The molecule has 5 nitrogen and oxygen atoms in total. The Morgan fingerprint density at radius 3 is 2.40 bits per heavy atom. The second-order valence-corrected chi connectivity index (χ2v) is 4.21. The Kier molecular flexibility index (Phi) is 2.70. The van der Waals surface area contributed by atoms with Gasteiger partial charge >= 0.3 is 5.97 Å². The van der Waals surface area contributed by atoms with Crippen molar-refractivity contribution in [3.05, 3.63) is 0 Å². The van der Waals surface area contributed by atoms with Gasteiger partial charge in [0.1, 0.15) is 11.0 Å². The van der Waals surface area contributed by atoms with Crippen molar-refractivity contribution in [3.63, 3.8) is 0 Å². The fraction of sp³-hybridized carbons (Fsp3) is 0.900. The third-order valence-corrected chi connectivity index (χ3v) is 3.49. The SMILES string of the molecule is COC(=O)C1(C2(O)CCOC2)CCOC1.